The van der Waals surface area contributed by atoms with Gasteiger partial charge in [0.05, 0.1) is 19.2 Å². The van der Waals surface area contributed by atoms with Crippen molar-refractivity contribution in [1.82, 2.24) is 19.5 Å². The number of fused-ring (bicyclic) bond motifs is 1. The molecule has 0 radical (unpaired) electrons. The van der Waals surface area contributed by atoms with Crippen molar-refractivity contribution in [3.05, 3.63) is 43.1 Å². The Kier molecular flexibility index (Phi) is 8.93. The van der Waals surface area contributed by atoms with Gasteiger partial charge in [-0.3, -0.25) is 9.78 Å². The summed E-state index contributed by atoms with van der Waals surface area (Å²) in [5.74, 6) is 0.563. The molecule has 1 aliphatic rings. The van der Waals surface area contributed by atoms with Crippen LogP contribution in [0.2, 0.25) is 0 Å². The van der Waals surface area contributed by atoms with E-state index < -0.39 is 0 Å². The van der Waals surface area contributed by atoms with Gasteiger partial charge in [0.2, 0.25) is 5.91 Å². The molecule has 0 atom stereocenters. The zero-order chi connectivity index (χ0) is 20.4. The van der Waals surface area contributed by atoms with Crippen LogP contribution in [0, 0.1) is 0 Å². The number of nitrogens with zero attached hydrogens (tertiary/aromatic N) is 3. The van der Waals surface area contributed by atoms with E-state index in [1.165, 1.54) is 4.90 Å². The number of hydrogen-bond acceptors (Lipinski definition) is 7. The number of pyridine rings is 1. The molecule has 0 aliphatic carbocycles. The zero-order valence-electron chi connectivity index (χ0n) is 16.3. The number of carbonyl (C=O) groups excluding carboxylic acids is 2. The number of nitrogens with one attached hydrogen (secondary N) is 1. The highest BCUT2D eigenvalue weighted by atomic mass is 32.2. The molecule has 0 saturated carbocycles. The number of methoxy groups -OCH3 is 1. The quantitative estimate of drug-likeness (QED) is 0.450. The Hall–Kier alpha value is -2.42. The van der Waals surface area contributed by atoms with Gasteiger partial charge in [-0.2, -0.15) is 0 Å². The van der Waals surface area contributed by atoms with E-state index in [1.54, 1.807) is 19.1 Å². The zero-order valence-corrected chi connectivity index (χ0v) is 17.1. The van der Waals surface area contributed by atoms with Crippen LogP contribution in [-0.2, 0) is 9.59 Å². The second-order valence-corrected chi connectivity index (χ2v) is 7.24. The number of piperazine rings is 1. The Morgan fingerprint density at radius 2 is 2.07 bits per heavy atom. The summed E-state index contributed by atoms with van der Waals surface area (Å²) in [6, 6.07) is 8.19. The molecule has 0 spiro atoms. The average Bonchev–Trinajstić information content (AvgIpc) is 2.74. The number of carbonyl (C=O) groups is 2. The minimum atomic E-state index is -0.322. The van der Waals surface area contributed by atoms with Gasteiger partial charge < -0.3 is 19.7 Å². The van der Waals surface area contributed by atoms with Crippen molar-refractivity contribution in [3.8, 4) is 5.75 Å². The van der Waals surface area contributed by atoms with Gasteiger partial charge in [-0.1, -0.05) is 12.6 Å². The van der Waals surface area contributed by atoms with Crippen molar-refractivity contribution in [2.75, 3.05) is 46.9 Å². The van der Waals surface area contributed by atoms with Crippen molar-refractivity contribution in [2.24, 2.45) is 0 Å². The summed E-state index contributed by atoms with van der Waals surface area (Å²) >= 11 is 1.80. The van der Waals surface area contributed by atoms with Crippen molar-refractivity contribution in [1.29, 1.82) is 0 Å². The summed E-state index contributed by atoms with van der Waals surface area (Å²) in [5.41, 5.74) is 1.02. The fraction of sp³-hybridized carbons (Fsp3) is 0.350. The molecule has 28 heavy (non-hydrogen) atoms. The summed E-state index contributed by atoms with van der Waals surface area (Å²) in [5, 5.41) is 3.33. The highest BCUT2D eigenvalue weighted by Gasteiger charge is 2.16. The number of aromatic nitrogens is 1. The van der Waals surface area contributed by atoms with Gasteiger partial charge >= 0.3 is 0 Å². The molecule has 1 aliphatic heterocycles. The van der Waals surface area contributed by atoms with Crippen LogP contribution in [0.1, 0.15) is 0 Å². The summed E-state index contributed by atoms with van der Waals surface area (Å²) in [6.45, 7) is 7.65. The number of likely N-dealkylation sites (N-methyl/N-ethyl adjacent to an activating group) is 1. The average molecular weight is 403 g/mol. The third-order valence-electron chi connectivity index (χ3n) is 4.15. The maximum absolute atomic E-state index is 10.2. The second-order valence-electron chi connectivity index (χ2n) is 6.11. The fourth-order valence-corrected chi connectivity index (χ4v) is 3.62. The predicted molar refractivity (Wildman–Crippen MR) is 112 cm³/mol. The van der Waals surface area contributed by atoms with Gasteiger partial charge in [-0.15, -0.1) is 0 Å². The standard InChI is InChI=1S/C15H19N3OS.C5H7NO2/c1-17-8-10-18(11-9-17)20-14-5-3-4-12-13(19-2)6-7-16-15(12)14;1-2-5(8)6-3-4-7/h3-7H,8-11H2,1-2H3;2,4H,1,3H2,(H,6,8). The van der Waals surface area contributed by atoms with E-state index in [-0.39, 0.29) is 12.5 Å². The normalized spacial score (nSPS) is 14.6. The molecule has 2 aromatic rings. The smallest absolute Gasteiger partial charge is 0.243 e. The van der Waals surface area contributed by atoms with Gasteiger partial charge in [0.25, 0.3) is 0 Å². The molecule has 1 fully saturated rings. The number of aldehydes is 1. The Morgan fingerprint density at radius 3 is 2.71 bits per heavy atom. The maximum Gasteiger partial charge on any atom is 0.243 e. The molecule has 1 amide bonds. The van der Waals surface area contributed by atoms with Gasteiger partial charge in [-0.25, -0.2) is 4.31 Å². The first-order valence-corrected chi connectivity index (χ1v) is 9.73. The second kappa shape index (κ2) is 11.4. The van der Waals surface area contributed by atoms with Crippen LogP contribution in [0.15, 0.2) is 48.0 Å². The Morgan fingerprint density at radius 1 is 1.32 bits per heavy atom. The van der Waals surface area contributed by atoms with E-state index in [1.807, 2.05) is 12.3 Å². The molecule has 1 aromatic heterocycles. The number of para-hydroxylation sites is 1. The number of benzene rings is 1. The summed E-state index contributed by atoms with van der Waals surface area (Å²) < 4.78 is 7.83. The van der Waals surface area contributed by atoms with E-state index in [2.05, 4.69) is 51.3 Å². The van der Waals surface area contributed by atoms with Gasteiger partial charge in [-0.05, 0) is 43.3 Å². The van der Waals surface area contributed by atoms with E-state index in [4.69, 9.17) is 4.74 Å². The summed E-state index contributed by atoms with van der Waals surface area (Å²) in [4.78, 5) is 27.9. The minimum absolute atomic E-state index is 0.0604. The Labute approximate surface area is 169 Å². The lowest BCUT2D eigenvalue weighted by Crippen LogP contribution is -2.40. The topological polar surface area (TPSA) is 74.8 Å². The third kappa shape index (κ3) is 6.33. The lowest BCUT2D eigenvalue weighted by molar-refractivity contribution is -0.118. The first-order chi connectivity index (χ1) is 13.6. The molecule has 2 heterocycles. The van der Waals surface area contributed by atoms with Crippen molar-refractivity contribution < 1.29 is 14.3 Å². The largest absolute Gasteiger partial charge is 0.496 e. The highest BCUT2D eigenvalue weighted by molar-refractivity contribution is 7.97. The van der Waals surface area contributed by atoms with Crippen molar-refractivity contribution in [3.63, 3.8) is 0 Å². The highest BCUT2D eigenvalue weighted by Crippen LogP contribution is 2.33. The molecular formula is C20H26N4O3S. The van der Waals surface area contributed by atoms with Crippen LogP contribution in [-0.4, -0.2) is 73.3 Å². The Balaban J connectivity index is 0.000000300. The van der Waals surface area contributed by atoms with Gasteiger partial charge in [0, 0.05) is 42.7 Å². The van der Waals surface area contributed by atoms with E-state index >= 15 is 0 Å². The van der Waals surface area contributed by atoms with Gasteiger partial charge in [0.15, 0.2) is 0 Å². The van der Waals surface area contributed by atoms with Crippen LogP contribution in [0.4, 0.5) is 0 Å². The first kappa shape index (κ1) is 21.9. The molecule has 1 saturated heterocycles. The van der Waals surface area contributed by atoms with Gasteiger partial charge in [0.1, 0.15) is 12.0 Å². The number of rotatable bonds is 6. The summed E-state index contributed by atoms with van der Waals surface area (Å²) in [6.07, 6.45) is 3.54. The van der Waals surface area contributed by atoms with Crippen LogP contribution in [0.5, 0.6) is 5.75 Å². The van der Waals surface area contributed by atoms with Crippen molar-refractivity contribution in [2.45, 2.75) is 4.90 Å². The molecule has 1 aromatic carbocycles. The Bertz CT molecular complexity index is 807. The van der Waals surface area contributed by atoms with E-state index in [0.717, 1.165) is 48.9 Å². The van der Waals surface area contributed by atoms with Crippen LogP contribution in [0.3, 0.4) is 0 Å². The lowest BCUT2D eigenvalue weighted by Gasteiger charge is -2.31. The fourth-order valence-electron chi connectivity index (χ4n) is 2.61. The number of hydrogen-bond donors (Lipinski definition) is 1. The van der Waals surface area contributed by atoms with Crippen LogP contribution >= 0.6 is 11.9 Å². The van der Waals surface area contributed by atoms with E-state index in [9.17, 15) is 9.59 Å². The first-order valence-electron chi connectivity index (χ1n) is 8.96. The van der Waals surface area contributed by atoms with Crippen LogP contribution in [0.25, 0.3) is 10.9 Å². The molecule has 8 heteroatoms. The third-order valence-corrected chi connectivity index (χ3v) is 5.30. The number of ether oxygens (including phenoxy) is 1. The molecule has 0 unspecified atom stereocenters. The SMILES string of the molecule is C=CC(=O)NCC=O.COc1ccnc2c(SN3CCN(C)CC3)cccc12. The lowest BCUT2D eigenvalue weighted by atomic mass is 10.2. The maximum atomic E-state index is 10.2. The van der Waals surface area contributed by atoms with Crippen molar-refractivity contribution >= 4 is 35.0 Å². The predicted octanol–water partition coefficient (Wildman–Crippen LogP) is 1.99. The molecule has 0 bridgehead atoms. The number of amides is 1. The van der Waals surface area contributed by atoms with Crippen LogP contribution < -0.4 is 10.1 Å². The molecule has 7 nitrogen and oxygen atoms in total. The molecular weight excluding hydrogens is 376 g/mol. The molecule has 3 rings (SSSR count). The molecule has 150 valence electrons. The minimum Gasteiger partial charge on any atom is -0.496 e. The van der Waals surface area contributed by atoms with E-state index in [0.29, 0.717) is 6.29 Å². The monoisotopic (exact) mass is 402 g/mol. The molecule has 1 N–H and O–H groups in total. The summed E-state index contributed by atoms with van der Waals surface area (Å²) in [7, 11) is 3.88.